The Morgan fingerprint density at radius 2 is 1.96 bits per heavy atom. The Balaban J connectivity index is 1.64. The topological polar surface area (TPSA) is 96.2 Å². The van der Waals surface area contributed by atoms with E-state index < -0.39 is 5.60 Å². The molecule has 2 aliphatic rings. The van der Waals surface area contributed by atoms with Crippen LogP contribution in [-0.4, -0.2) is 48.2 Å². The van der Waals surface area contributed by atoms with Gasteiger partial charge in [-0.1, -0.05) is 0 Å². The van der Waals surface area contributed by atoms with Gasteiger partial charge in [0.2, 0.25) is 0 Å². The number of hydrogen-bond acceptors (Lipinski definition) is 6. The molecular formula is C20H28N6O2. The summed E-state index contributed by atoms with van der Waals surface area (Å²) in [5.74, 6) is 0.372. The Hall–Kier alpha value is -2.32. The van der Waals surface area contributed by atoms with Crippen LogP contribution < -0.4 is 5.32 Å². The zero-order chi connectivity index (χ0) is 20.2. The van der Waals surface area contributed by atoms with Gasteiger partial charge >= 0.3 is 0 Å². The zero-order valence-electron chi connectivity index (χ0n) is 17.1. The molecule has 0 fully saturated rings. The molecular weight excluding hydrogens is 356 g/mol. The molecule has 4 heterocycles. The van der Waals surface area contributed by atoms with Gasteiger partial charge in [-0.3, -0.25) is 9.48 Å². The van der Waals surface area contributed by atoms with Gasteiger partial charge in [-0.15, -0.1) is 0 Å². The highest BCUT2D eigenvalue weighted by Gasteiger charge is 2.38. The Morgan fingerprint density at radius 3 is 2.61 bits per heavy atom. The Bertz CT molecular complexity index is 899. The minimum atomic E-state index is -1.09. The molecule has 8 nitrogen and oxygen atoms in total. The van der Waals surface area contributed by atoms with Crippen LogP contribution in [0.15, 0.2) is 12.4 Å². The third-order valence-electron chi connectivity index (χ3n) is 5.73. The third kappa shape index (κ3) is 3.10. The van der Waals surface area contributed by atoms with Crippen LogP contribution >= 0.6 is 0 Å². The van der Waals surface area contributed by atoms with Crippen LogP contribution in [0.3, 0.4) is 0 Å². The normalized spacial score (nSPS) is 23.4. The summed E-state index contributed by atoms with van der Waals surface area (Å²) in [6.45, 7) is 10.8. The fraction of sp³-hybridized carbons (Fsp3) is 0.600. The molecule has 0 aromatic carbocycles. The predicted octanol–water partition coefficient (Wildman–Crippen LogP) is 1.71. The van der Waals surface area contributed by atoms with Gasteiger partial charge in [0.05, 0.1) is 17.8 Å². The molecule has 4 rings (SSSR count). The molecule has 0 saturated heterocycles. The van der Waals surface area contributed by atoms with Crippen LogP contribution in [0.1, 0.15) is 79.8 Å². The van der Waals surface area contributed by atoms with Gasteiger partial charge in [-0.2, -0.15) is 5.10 Å². The van der Waals surface area contributed by atoms with E-state index in [1.807, 2.05) is 16.5 Å². The highest BCUT2D eigenvalue weighted by molar-refractivity contribution is 5.95. The summed E-state index contributed by atoms with van der Waals surface area (Å²) in [7, 11) is 0. The first-order valence-electron chi connectivity index (χ1n) is 9.86. The number of carbonyl (C=O) groups is 1. The molecule has 2 aromatic heterocycles. The summed E-state index contributed by atoms with van der Waals surface area (Å²) in [4.78, 5) is 23.8. The van der Waals surface area contributed by atoms with Gasteiger partial charge in [-0.25, -0.2) is 9.97 Å². The fourth-order valence-electron chi connectivity index (χ4n) is 4.01. The summed E-state index contributed by atoms with van der Waals surface area (Å²) >= 11 is 0. The van der Waals surface area contributed by atoms with E-state index in [1.54, 1.807) is 26.2 Å². The first kappa shape index (κ1) is 19.0. The average Bonchev–Trinajstić information content (AvgIpc) is 3.03. The van der Waals surface area contributed by atoms with Crippen LogP contribution in [0.5, 0.6) is 0 Å². The number of rotatable bonds is 3. The minimum Gasteiger partial charge on any atom is -0.382 e. The minimum absolute atomic E-state index is 0.00210. The van der Waals surface area contributed by atoms with Crippen molar-refractivity contribution < 1.29 is 9.90 Å². The van der Waals surface area contributed by atoms with Crippen molar-refractivity contribution in [3.8, 4) is 0 Å². The first-order valence-corrected chi connectivity index (χ1v) is 9.86. The number of nitrogens with zero attached hydrogens (tertiary/aromatic N) is 5. The smallest absolute Gasteiger partial charge is 0.273 e. The summed E-state index contributed by atoms with van der Waals surface area (Å²) in [5.41, 5.74) is 2.53. The van der Waals surface area contributed by atoms with Crippen molar-refractivity contribution in [3.63, 3.8) is 0 Å². The van der Waals surface area contributed by atoms with Crippen molar-refractivity contribution in [3.05, 3.63) is 40.7 Å². The SMILES string of the molecule is CC(c1cnc(C(C)(C)O)nc1)N1C[C@@H](C)n2nc3c(c2C1=O)CN[C@H](C)C3. The first-order chi connectivity index (χ1) is 13.2. The molecule has 1 unspecified atom stereocenters. The summed E-state index contributed by atoms with van der Waals surface area (Å²) < 4.78 is 1.91. The van der Waals surface area contributed by atoms with Gasteiger partial charge in [-0.05, 0) is 34.6 Å². The monoisotopic (exact) mass is 384 g/mol. The molecule has 150 valence electrons. The lowest BCUT2D eigenvalue weighted by Gasteiger charge is -2.36. The van der Waals surface area contributed by atoms with Gasteiger partial charge in [0.15, 0.2) is 5.82 Å². The molecule has 2 N–H and O–H groups in total. The lowest BCUT2D eigenvalue weighted by atomic mass is 9.99. The van der Waals surface area contributed by atoms with Crippen LogP contribution in [-0.2, 0) is 18.6 Å². The van der Waals surface area contributed by atoms with E-state index in [2.05, 4.69) is 29.1 Å². The summed E-state index contributed by atoms with van der Waals surface area (Å²) in [6.07, 6.45) is 4.25. The van der Waals surface area contributed by atoms with Gasteiger partial charge in [0.1, 0.15) is 11.3 Å². The van der Waals surface area contributed by atoms with E-state index >= 15 is 0 Å². The van der Waals surface area contributed by atoms with Crippen molar-refractivity contribution in [2.45, 2.75) is 71.3 Å². The van der Waals surface area contributed by atoms with Gasteiger partial charge in [0, 0.05) is 49.1 Å². The van der Waals surface area contributed by atoms with E-state index in [-0.39, 0.29) is 18.0 Å². The third-order valence-corrected chi connectivity index (χ3v) is 5.73. The quantitative estimate of drug-likeness (QED) is 0.836. The molecule has 8 heteroatoms. The maximum atomic E-state index is 13.4. The Labute approximate surface area is 165 Å². The summed E-state index contributed by atoms with van der Waals surface area (Å²) in [6, 6.07) is 0.310. The number of aromatic nitrogens is 4. The second-order valence-corrected chi connectivity index (χ2v) is 8.59. The number of amides is 1. The lowest BCUT2D eigenvalue weighted by molar-refractivity contribution is 0.0579. The van der Waals surface area contributed by atoms with Crippen molar-refractivity contribution in [1.29, 1.82) is 0 Å². The molecule has 0 spiro atoms. The van der Waals surface area contributed by atoms with E-state index in [4.69, 9.17) is 5.10 Å². The summed E-state index contributed by atoms with van der Waals surface area (Å²) in [5, 5.41) is 18.2. The lowest BCUT2D eigenvalue weighted by Crippen LogP contribution is -2.44. The zero-order valence-corrected chi connectivity index (χ0v) is 17.1. The largest absolute Gasteiger partial charge is 0.382 e. The molecule has 2 aliphatic heterocycles. The second kappa shape index (κ2) is 6.63. The van der Waals surface area contributed by atoms with Crippen molar-refractivity contribution in [2.24, 2.45) is 0 Å². The number of hydrogen-bond donors (Lipinski definition) is 2. The number of aliphatic hydroxyl groups is 1. The number of carbonyl (C=O) groups excluding carboxylic acids is 1. The maximum Gasteiger partial charge on any atom is 0.273 e. The van der Waals surface area contributed by atoms with Crippen molar-refractivity contribution in [1.82, 2.24) is 30.0 Å². The van der Waals surface area contributed by atoms with Crippen LogP contribution in [0.4, 0.5) is 0 Å². The predicted molar refractivity (Wildman–Crippen MR) is 104 cm³/mol. The van der Waals surface area contributed by atoms with Crippen LogP contribution in [0.25, 0.3) is 0 Å². The van der Waals surface area contributed by atoms with E-state index in [0.717, 1.165) is 23.2 Å². The molecule has 3 atom stereocenters. The molecule has 0 bridgehead atoms. The molecule has 28 heavy (non-hydrogen) atoms. The van der Waals surface area contributed by atoms with E-state index in [1.165, 1.54) is 0 Å². The highest BCUT2D eigenvalue weighted by Crippen LogP contribution is 2.33. The molecule has 1 amide bonds. The van der Waals surface area contributed by atoms with Crippen molar-refractivity contribution in [2.75, 3.05) is 6.54 Å². The average molecular weight is 384 g/mol. The molecule has 0 aliphatic carbocycles. The molecule has 0 radical (unpaired) electrons. The second-order valence-electron chi connectivity index (χ2n) is 8.59. The molecule has 2 aromatic rings. The number of fused-ring (bicyclic) bond motifs is 3. The van der Waals surface area contributed by atoms with Gasteiger partial charge in [0.25, 0.3) is 5.91 Å². The maximum absolute atomic E-state index is 13.4. The molecule has 0 saturated carbocycles. The number of nitrogens with one attached hydrogen (secondary N) is 1. The van der Waals surface area contributed by atoms with Gasteiger partial charge < -0.3 is 15.3 Å². The Morgan fingerprint density at radius 1 is 1.29 bits per heavy atom. The van der Waals surface area contributed by atoms with E-state index in [9.17, 15) is 9.90 Å². The van der Waals surface area contributed by atoms with E-state index in [0.29, 0.717) is 30.6 Å². The van der Waals surface area contributed by atoms with Crippen LogP contribution in [0, 0.1) is 0 Å². The highest BCUT2D eigenvalue weighted by atomic mass is 16.3. The standard InChI is InChI=1S/C20H28N6O2/c1-11-6-16-15(9-21-11)17-18(27)25(10-12(2)26(17)24-16)13(3)14-7-22-19(23-8-14)20(4,5)28/h7-8,11-13,21,28H,6,9-10H2,1-5H3/t11-,12-,13?/m1/s1. The Kier molecular flexibility index (Phi) is 4.50. The fourth-order valence-corrected chi connectivity index (χ4v) is 4.01. The van der Waals surface area contributed by atoms with Crippen molar-refractivity contribution >= 4 is 5.91 Å². The van der Waals surface area contributed by atoms with Crippen LogP contribution in [0.2, 0.25) is 0 Å².